The predicted octanol–water partition coefficient (Wildman–Crippen LogP) is 2.15. The van der Waals surface area contributed by atoms with Crippen LogP contribution in [-0.2, 0) is 16.1 Å². The zero-order valence-electron chi connectivity index (χ0n) is 13.0. The highest BCUT2D eigenvalue weighted by Gasteiger charge is 2.23. The van der Waals surface area contributed by atoms with Crippen molar-refractivity contribution in [3.8, 4) is 0 Å². The van der Waals surface area contributed by atoms with E-state index in [1.165, 1.54) is 17.4 Å². The maximum atomic E-state index is 13.9. The summed E-state index contributed by atoms with van der Waals surface area (Å²) in [4.78, 5) is 14.2. The predicted molar refractivity (Wildman–Crippen MR) is 86.7 cm³/mol. The molecular weight excluding hydrogens is 319 g/mol. The van der Waals surface area contributed by atoms with Crippen molar-refractivity contribution >= 4 is 22.4 Å². The lowest BCUT2D eigenvalue weighted by Crippen LogP contribution is -2.43. The summed E-state index contributed by atoms with van der Waals surface area (Å²) in [7, 11) is 1.59. The molecule has 1 heterocycles. The van der Waals surface area contributed by atoms with E-state index < -0.39 is 6.04 Å². The molecule has 0 saturated carbocycles. The van der Waals surface area contributed by atoms with Crippen molar-refractivity contribution in [1.82, 2.24) is 15.1 Å². The fourth-order valence-corrected chi connectivity index (χ4v) is 2.51. The Labute approximate surface area is 138 Å². The number of nitrogens with one attached hydrogen (secondary N) is 1. The summed E-state index contributed by atoms with van der Waals surface area (Å²) in [6, 6.07) is 6.08. The third-order valence-electron chi connectivity index (χ3n) is 3.43. The summed E-state index contributed by atoms with van der Waals surface area (Å²) in [6.07, 6.45) is 0. The molecule has 0 aliphatic heterocycles. The number of carbonyl (C=O) groups is 1. The van der Waals surface area contributed by atoms with E-state index in [4.69, 9.17) is 4.74 Å². The van der Waals surface area contributed by atoms with E-state index in [1.807, 2.05) is 4.90 Å². The van der Waals surface area contributed by atoms with Gasteiger partial charge in [0.2, 0.25) is 11.0 Å². The van der Waals surface area contributed by atoms with Crippen molar-refractivity contribution in [2.45, 2.75) is 19.5 Å². The molecule has 0 saturated heterocycles. The Balaban J connectivity index is 2.06. The fraction of sp³-hybridized carbons (Fsp3) is 0.400. The number of hydrogen-bond acceptors (Lipinski definition) is 6. The number of hydrogen-bond donors (Lipinski definition) is 1. The Morgan fingerprint density at radius 2 is 2.26 bits per heavy atom. The number of benzene rings is 1. The van der Waals surface area contributed by atoms with E-state index >= 15 is 0 Å². The molecule has 0 bridgehead atoms. The minimum atomic E-state index is -0.464. The lowest BCUT2D eigenvalue weighted by Gasteiger charge is -2.27. The van der Waals surface area contributed by atoms with Crippen LogP contribution in [0.5, 0.6) is 0 Å². The number of halogens is 1. The number of anilines is 1. The summed E-state index contributed by atoms with van der Waals surface area (Å²) in [5.74, 6) is -0.499. The molecule has 1 atom stereocenters. The standard InChI is InChI=1S/C15H19FN4O2S/c1-11(14(21)18-15-19-17-10-23-15)20(7-8-22-2)9-12-5-3-4-6-13(12)16/h3-6,10-11H,7-9H2,1-2H3,(H,18,19,21)/t11-/m1/s1. The highest BCUT2D eigenvalue weighted by molar-refractivity contribution is 7.13. The van der Waals surface area contributed by atoms with Gasteiger partial charge < -0.3 is 4.74 Å². The van der Waals surface area contributed by atoms with Crippen LogP contribution in [0.2, 0.25) is 0 Å². The van der Waals surface area contributed by atoms with E-state index in [0.29, 0.717) is 30.4 Å². The summed E-state index contributed by atoms with van der Waals surface area (Å²) in [6.45, 7) is 3.05. The fourth-order valence-electron chi connectivity index (χ4n) is 2.07. The average Bonchev–Trinajstić information content (AvgIpc) is 3.05. The number of ether oxygens (including phenoxy) is 1. The zero-order chi connectivity index (χ0) is 16.7. The van der Waals surface area contributed by atoms with Crippen LogP contribution in [0.4, 0.5) is 9.52 Å². The molecule has 0 fully saturated rings. The van der Waals surface area contributed by atoms with Gasteiger partial charge in [0.1, 0.15) is 11.3 Å². The van der Waals surface area contributed by atoms with Crippen molar-refractivity contribution in [3.05, 3.63) is 41.2 Å². The number of nitrogens with zero attached hydrogens (tertiary/aromatic N) is 3. The topological polar surface area (TPSA) is 67.3 Å². The van der Waals surface area contributed by atoms with Crippen LogP contribution in [0.25, 0.3) is 0 Å². The van der Waals surface area contributed by atoms with Crippen molar-refractivity contribution < 1.29 is 13.9 Å². The van der Waals surface area contributed by atoms with Crippen LogP contribution in [0.15, 0.2) is 29.8 Å². The number of methoxy groups -OCH3 is 1. The number of amides is 1. The van der Waals surface area contributed by atoms with Gasteiger partial charge in [0, 0.05) is 25.8 Å². The molecule has 0 aliphatic carbocycles. The Morgan fingerprint density at radius 3 is 2.91 bits per heavy atom. The van der Waals surface area contributed by atoms with Crippen LogP contribution >= 0.6 is 11.3 Å². The first-order chi connectivity index (χ1) is 11.1. The first kappa shape index (κ1) is 17.5. The summed E-state index contributed by atoms with van der Waals surface area (Å²) in [5.41, 5.74) is 2.08. The van der Waals surface area contributed by atoms with Gasteiger partial charge >= 0.3 is 0 Å². The van der Waals surface area contributed by atoms with Gasteiger partial charge in [-0.2, -0.15) is 0 Å². The Bertz CT molecular complexity index is 624. The highest BCUT2D eigenvalue weighted by atomic mass is 32.1. The molecule has 0 unspecified atom stereocenters. The molecule has 0 aliphatic rings. The van der Waals surface area contributed by atoms with Gasteiger partial charge in [-0.1, -0.05) is 29.5 Å². The van der Waals surface area contributed by atoms with Crippen molar-refractivity contribution in [2.75, 3.05) is 25.6 Å². The van der Waals surface area contributed by atoms with Gasteiger partial charge in [-0.25, -0.2) is 4.39 Å². The zero-order valence-corrected chi connectivity index (χ0v) is 13.8. The van der Waals surface area contributed by atoms with Crippen LogP contribution in [0.1, 0.15) is 12.5 Å². The molecule has 2 aromatic rings. The Kier molecular flexibility index (Phi) is 6.57. The minimum absolute atomic E-state index is 0.214. The monoisotopic (exact) mass is 338 g/mol. The SMILES string of the molecule is COCCN(Cc1ccccc1F)[C@H](C)C(=O)Nc1nncs1. The van der Waals surface area contributed by atoms with Gasteiger partial charge in [0.25, 0.3) is 0 Å². The van der Waals surface area contributed by atoms with E-state index in [9.17, 15) is 9.18 Å². The maximum absolute atomic E-state index is 13.9. The van der Waals surface area contributed by atoms with Crippen molar-refractivity contribution in [3.63, 3.8) is 0 Å². The van der Waals surface area contributed by atoms with Crippen LogP contribution < -0.4 is 5.32 Å². The smallest absolute Gasteiger partial charge is 0.243 e. The molecule has 6 nitrogen and oxygen atoms in total. The molecule has 1 amide bonds. The molecule has 0 spiro atoms. The molecule has 2 rings (SSSR count). The first-order valence-corrected chi connectivity index (χ1v) is 8.03. The van der Waals surface area contributed by atoms with E-state index in [0.717, 1.165) is 0 Å². The maximum Gasteiger partial charge on any atom is 0.243 e. The van der Waals surface area contributed by atoms with Crippen molar-refractivity contribution in [1.29, 1.82) is 0 Å². The third-order valence-corrected chi connectivity index (χ3v) is 4.04. The van der Waals surface area contributed by atoms with Gasteiger partial charge in [-0.05, 0) is 13.0 Å². The Hall–Kier alpha value is -1.90. The highest BCUT2D eigenvalue weighted by Crippen LogP contribution is 2.14. The summed E-state index contributed by atoms with van der Waals surface area (Å²) >= 11 is 1.25. The molecule has 1 N–H and O–H groups in total. The number of aromatic nitrogens is 2. The summed E-state index contributed by atoms with van der Waals surface area (Å²) < 4.78 is 19.0. The molecule has 8 heteroatoms. The molecule has 1 aromatic carbocycles. The second-order valence-corrected chi connectivity index (χ2v) is 5.80. The first-order valence-electron chi connectivity index (χ1n) is 7.15. The van der Waals surface area contributed by atoms with E-state index in [1.54, 1.807) is 37.7 Å². The summed E-state index contributed by atoms with van der Waals surface area (Å²) in [5, 5.41) is 10.6. The van der Waals surface area contributed by atoms with Gasteiger partial charge in [0.15, 0.2) is 0 Å². The second kappa shape index (κ2) is 8.66. The molecule has 23 heavy (non-hydrogen) atoms. The minimum Gasteiger partial charge on any atom is -0.383 e. The lowest BCUT2D eigenvalue weighted by molar-refractivity contribution is -0.121. The second-order valence-electron chi connectivity index (χ2n) is 4.96. The van der Waals surface area contributed by atoms with E-state index in [-0.39, 0.29) is 11.7 Å². The average molecular weight is 338 g/mol. The van der Waals surface area contributed by atoms with Gasteiger partial charge in [0.05, 0.1) is 12.6 Å². The van der Waals surface area contributed by atoms with Gasteiger partial charge in [-0.3, -0.25) is 15.0 Å². The lowest BCUT2D eigenvalue weighted by atomic mass is 10.1. The van der Waals surface area contributed by atoms with Crippen LogP contribution in [-0.4, -0.2) is 47.3 Å². The van der Waals surface area contributed by atoms with Crippen LogP contribution in [0, 0.1) is 5.82 Å². The molecule has 0 radical (unpaired) electrons. The van der Waals surface area contributed by atoms with E-state index in [2.05, 4.69) is 15.5 Å². The number of carbonyl (C=O) groups excluding carboxylic acids is 1. The molecular formula is C15H19FN4O2S. The normalized spacial score (nSPS) is 12.3. The van der Waals surface area contributed by atoms with Crippen LogP contribution in [0.3, 0.4) is 0 Å². The third kappa shape index (κ3) is 5.05. The van der Waals surface area contributed by atoms with Crippen molar-refractivity contribution in [2.24, 2.45) is 0 Å². The Morgan fingerprint density at radius 1 is 1.48 bits per heavy atom. The number of rotatable bonds is 8. The molecule has 124 valence electrons. The molecule has 1 aromatic heterocycles. The quantitative estimate of drug-likeness (QED) is 0.799. The largest absolute Gasteiger partial charge is 0.383 e. The van der Waals surface area contributed by atoms with Gasteiger partial charge in [-0.15, -0.1) is 10.2 Å².